The van der Waals surface area contributed by atoms with Gasteiger partial charge >= 0.3 is 0 Å². The summed E-state index contributed by atoms with van der Waals surface area (Å²) in [5, 5.41) is 0. The average molecular weight is 256 g/mol. The highest BCUT2D eigenvalue weighted by atomic mass is 16.7. The summed E-state index contributed by atoms with van der Waals surface area (Å²) in [7, 11) is 0. The first-order valence-corrected chi connectivity index (χ1v) is 7.21. The lowest BCUT2D eigenvalue weighted by Crippen LogP contribution is -2.02. The molecule has 0 fully saturated rings. The second kappa shape index (κ2) is 14.2. The van der Waals surface area contributed by atoms with Gasteiger partial charge in [0.25, 0.3) is 0 Å². The van der Waals surface area contributed by atoms with Crippen LogP contribution in [0.3, 0.4) is 0 Å². The van der Waals surface area contributed by atoms with Crippen LogP contribution in [0, 0.1) is 0 Å². The van der Waals surface area contributed by atoms with Gasteiger partial charge in [-0.15, -0.1) is 0 Å². The Morgan fingerprint density at radius 1 is 1.00 bits per heavy atom. The largest absolute Gasteiger partial charge is 0.464 e. The zero-order valence-electron chi connectivity index (χ0n) is 12.0. The monoisotopic (exact) mass is 256 g/mol. The van der Waals surface area contributed by atoms with Crippen molar-refractivity contribution in [1.82, 2.24) is 0 Å². The lowest BCUT2D eigenvalue weighted by Gasteiger charge is -2.06. The predicted molar refractivity (Wildman–Crippen MR) is 74.3 cm³/mol. The first-order valence-electron chi connectivity index (χ1n) is 7.21. The van der Waals surface area contributed by atoms with E-state index >= 15 is 0 Å². The van der Waals surface area contributed by atoms with Crippen molar-refractivity contribution in [3.63, 3.8) is 0 Å². The maximum Gasteiger partial charge on any atom is 0.189 e. The van der Waals surface area contributed by atoms with Gasteiger partial charge in [0.05, 0.1) is 6.61 Å². The summed E-state index contributed by atoms with van der Waals surface area (Å²) in [5.74, 6) is 0.402. The minimum atomic E-state index is 0.185. The smallest absolute Gasteiger partial charge is 0.189 e. The number of carbonyl (C=O) groups is 1. The zero-order chi connectivity index (χ0) is 13.5. The summed E-state index contributed by atoms with van der Waals surface area (Å²) in [5.41, 5.74) is 0. The van der Waals surface area contributed by atoms with Crippen LogP contribution in [0.1, 0.15) is 65.2 Å². The normalized spacial score (nSPS) is 11.6. The van der Waals surface area contributed by atoms with Crippen molar-refractivity contribution in [2.45, 2.75) is 65.2 Å². The topological polar surface area (TPSA) is 35.5 Å². The van der Waals surface area contributed by atoms with Crippen LogP contribution in [0.5, 0.6) is 0 Å². The average Bonchev–Trinajstić information content (AvgIpc) is 2.40. The predicted octanol–water partition coefficient (Wildman–Crippen LogP) is 4.22. The molecule has 0 rings (SSSR count). The van der Waals surface area contributed by atoms with Crippen LogP contribution in [0.15, 0.2) is 11.8 Å². The van der Waals surface area contributed by atoms with E-state index in [0.717, 1.165) is 25.5 Å². The quantitative estimate of drug-likeness (QED) is 0.163. The van der Waals surface area contributed by atoms with Gasteiger partial charge in [-0.2, -0.15) is 0 Å². The SMILES string of the molecule is CCCCCC=C(C=O)OCOCCCCCC. The molecule has 0 heterocycles. The van der Waals surface area contributed by atoms with Crippen LogP contribution >= 0.6 is 0 Å². The summed E-state index contributed by atoms with van der Waals surface area (Å²) in [6.07, 6.45) is 11.7. The Bertz CT molecular complexity index is 212. The van der Waals surface area contributed by atoms with Gasteiger partial charge in [0.2, 0.25) is 0 Å². The standard InChI is InChI=1S/C15H28O3/c1-3-5-7-9-11-15(13-16)18-14-17-12-10-8-6-4-2/h11,13H,3-10,12,14H2,1-2H3. The van der Waals surface area contributed by atoms with Crippen molar-refractivity contribution in [2.24, 2.45) is 0 Å². The van der Waals surface area contributed by atoms with E-state index in [9.17, 15) is 4.79 Å². The van der Waals surface area contributed by atoms with E-state index in [-0.39, 0.29) is 6.79 Å². The van der Waals surface area contributed by atoms with Crippen LogP contribution in [-0.4, -0.2) is 19.7 Å². The third-order valence-corrected chi connectivity index (χ3v) is 2.72. The highest BCUT2D eigenvalue weighted by Crippen LogP contribution is 2.04. The van der Waals surface area contributed by atoms with Crippen LogP contribution < -0.4 is 0 Å². The van der Waals surface area contributed by atoms with Crippen molar-refractivity contribution in [2.75, 3.05) is 13.4 Å². The summed E-state index contributed by atoms with van der Waals surface area (Å²) in [4.78, 5) is 10.7. The molecule has 3 nitrogen and oxygen atoms in total. The summed E-state index contributed by atoms with van der Waals surface area (Å²) in [6.45, 7) is 5.24. The Morgan fingerprint density at radius 2 is 1.72 bits per heavy atom. The van der Waals surface area contributed by atoms with Gasteiger partial charge in [0.1, 0.15) is 0 Å². The summed E-state index contributed by atoms with van der Waals surface area (Å²) in [6, 6.07) is 0. The van der Waals surface area contributed by atoms with Crippen molar-refractivity contribution >= 4 is 6.29 Å². The lowest BCUT2D eigenvalue weighted by atomic mass is 10.2. The molecule has 0 aromatic carbocycles. The molecule has 106 valence electrons. The molecule has 0 atom stereocenters. The van der Waals surface area contributed by atoms with Gasteiger partial charge in [-0.1, -0.05) is 46.0 Å². The molecule has 0 spiro atoms. The maximum atomic E-state index is 10.7. The van der Waals surface area contributed by atoms with Crippen LogP contribution in [0.2, 0.25) is 0 Å². The number of hydrogen-bond acceptors (Lipinski definition) is 3. The maximum absolute atomic E-state index is 10.7. The highest BCUT2D eigenvalue weighted by Gasteiger charge is 1.96. The Balaban J connectivity index is 3.46. The Kier molecular flexibility index (Phi) is 13.6. The van der Waals surface area contributed by atoms with E-state index in [1.165, 1.54) is 32.1 Å². The molecular formula is C15H28O3. The molecule has 3 heteroatoms. The minimum Gasteiger partial charge on any atom is -0.464 e. The van der Waals surface area contributed by atoms with E-state index in [1.54, 1.807) is 0 Å². The molecule has 0 aromatic rings. The van der Waals surface area contributed by atoms with Gasteiger partial charge in [0, 0.05) is 0 Å². The number of carbonyl (C=O) groups excluding carboxylic acids is 1. The molecule has 0 N–H and O–H groups in total. The molecule has 0 aliphatic rings. The molecule has 0 bridgehead atoms. The lowest BCUT2D eigenvalue weighted by molar-refractivity contribution is -0.111. The fourth-order valence-corrected chi connectivity index (χ4v) is 1.58. The van der Waals surface area contributed by atoms with Gasteiger partial charge in [0.15, 0.2) is 18.8 Å². The number of aldehydes is 1. The third-order valence-electron chi connectivity index (χ3n) is 2.72. The number of ether oxygens (including phenoxy) is 2. The fraction of sp³-hybridized carbons (Fsp3) is 0.800. The van der Waals surface area contributed by atoms with E-state index in [4.69, 9.17) is 9.47 Å². The van der Waals surface area contributed by atoms with Crippen molar-refractivity contribution < 1.29 is 14.3 Å². The molecule has 0 radical (unpaired) electrons. The van der Waals surface area contributed by atoms with Gasteiger partial charge < -0.3 is 9.47 Å². The second-order valence-corrected chi connectivity index (χ2v) is 4.45. The zero-order valence-corrected chi connectivity index (χ0v) is 12.0. The van der Waals surface area contributed by atoms with E-state index < -0.39 is 0 Å². The molecule has 0 aliphatic carbocycles. The minimum absolute atomic E-state index is 0.185. The number of allylic oxidation sites excluding steroid dienone is 2. The van der Waals surface area contributed by atoms with Crippen molar-refractivity contribution in [3.8, 4) is 0 Å². The van der Waals surface area contributed by atoms with Gasteiger partial charge in [-0.3, -0.25) is 4.79 Å². The van der Waals surface area contributed by atoms with Crippen LogP contribution in [0.4, 0.5) is 0 Å². The third kappa shape index (κ3) is 11.6. The van der Waals surface area contributed by atoms with E-state index in [0.29, 0.717) is 12.4 Å². The molecule has 0 saturated heterocycles. The molecule has 0 unspecified atom stereocenters. The summed E-state index contributed by atoms with van der Waals surface area (Å²) >= 11 is 0. The fourth-order valence-electron chi connectivity index (χ4n) is 1.58. The van der Waals surface area contributed by atoms with Crippen molar-refractivity contribution in [3.05, 3.63) is 11.8 Å². The van der Waals surface area contributed by atoms with Gasteiger partial charge in [-0.25, -0.2) is 0 Å². The number of rotatable bonds is 13. The summed E-state index contributed by atoms with van der Waals surface area (Å²) < 4.78 is 10.6. The molecule has 0 aromatic heterocycles. The number of hydrogen-bond donors (Lipinski definition) is 0. The first kappa shape index (κ1) is 17.2. The van der Waals surface area contributed by atoms with Crippen molar-refractivity contribution in [1.29, 1.82) is 0 Å². The van der Waals surface area contributed by atoms with Crippen LogP contribution in [-0.2, 0) is 14.3 Å². The number of unbranched alkanes of at least 4 members (excludes halogenated alkanes) is 6. The van der Waals surface area contributed by atoms with Crippen LogP contribution in [0.25, 0.3) is 0 Å². The molecule has 0 aliphatic heterocycles. The molecule has 18 heavy (non-hydrogen) atoms. The Morgan fingerprint density at radius 3 is 2.39 bits per heavy atom. The second-order valence-electron chi connectivity index (χ2n) is 4.45. The molecular weight excluding hydrogens is 228 g/mol. The van der Waals surface area contributed by atoms with Gasteiger partial charge in [-0.05, 0) is 25.3 Å². The highest BCUT2D eigenvalue weighted by molar-refractivity contribution is 5.69. The van der Waals surface area contributed by atoms with E-state index in [1.807, 2.05) is 6.08 Å². The Hall–Kier alpha value is -0.830. The first-order chi connectivity index (χ1) is 8.85. The Labute approximate surface area is 112 Å². The van der Waals surface area contributed by atoms with E-state index in [2.05, 4.69) is 13.8 Å². The molecule has 0 saturated carbocycles. The molecule has 0 amide bonds.